The summed E-state index contributed by atoms with van der Waals surface area (Å²) in [4.78, 5) is 8.20. The summed E-state index contributed by atoms with van der Waals surface area (Å²) < 4.78 is 0. The van der Waals surface area contributed by atoms with Crippen molar-refractivity contribution < 1.29 is 5.11 Å². The fraction of sp³-hybridized carbons (Fsp3) is 0.667. The van der Waals surface area contributed by atoms with Gasteiger partial charge < -0.3 is 10.4 Å². The van der Waals surface area contributed by atoms with Gasteiger partial charge in [-0.05, 0) is 18.8 Å². The van der Waals surface area contributed by atoms with Gasteiger partial charge in [-0.25, -0.2) is 9.97 Å². The van der Waals surface area contributed by atoms with Crippen LogP contribution in [0.3, 0.4) is 0 Å². The van der Waals surface area contributed by atoms with Crippen molar-refractivity contribution in [2.24, 2.45) is 5.92 Å². The van der Waals surface area contributed by atoms with E-state index in [0.717, 1.165) is 17.8 Å². The molecule has 0 aliphatic carbocycles. The molecule has 0 radical (unpaired) electrons. The van der Waals surface area contributed by atoms with Crippen LogP contribution in [0.2, 0.25) is 5.15 Å². The van der Waals surface area contributed by atoms with Crippen molar-refractivity contribution in [3.63, 3.8) is 0 Å². The maximum Gasteiger partial charge on any atom is 0.137 e. The predicted octanol–water partition coefficient (Wildman–Crippen LogP) is 2.51. The first-order valence-corrected chi connectivity index (χ1v) is 6.34. The molecule has 0 saturated carbocycles. The molecule has 4 nitrogen and oxygen atoms in total. The Morgan fingerprint density at radius 3 is 2.65 bits per heavy atom. The zero-order valence-electron chi connectivity index (χ0n) is 10.6. The minimum Gasteiger partial charge on any atom is -0.396 e. The van der Waals surface area contributed by atoms with Gasteiger partial charge >= 0.3 is 0 Å². The Balaban J connectivity index is 2.88. The molecule has 0 aliphatic rings. The molecular weight excluding hydrogens is 238 g/mol. The largest absolute Gasteiger partial charge is 0.396 e. The van der Waals surface area contributed by atoms with Crippen LogP contribution in [-0.2, 0) is 6.42 Å². The molecule has 0 fully saturated rings. The molecular formula is C12H20ClN3O. The Bertz CT molecular complexity index is 358. The predicted molar refractivity (Wildman–Crippen MR) is 70.4 cm³/mol. The lowest BCUT2D eigenvalue weighted by Gasteiger charge is -2.23. The number of halogens is 1. The van der Waals surface area contributed by atoms with E-state index >= 15 is 0 Å². The number of hydrogen-bond donors (Lipinski definition) is 2. The SMILES string of the molecule is CCc1c(Cl)ncnc1NC(CCO)C(C)C. The van der Waals surface area contributed by atoms with Crippen molar-refractivity contribution in [1.29, 1.82) is 0 Å². The molecule has 0 saturated heterocycles. The molecule has 1 rings (SSSR count). The topological polar surface area (TPSA) is 58.0 Å². The Hall–Kier alpha value is -0.870. The lowest BCUT2D eigenvalue weighted by atomic mass is 10.0. The lowest BCUT2D eigenvalue weighted by Crippen LogP contribution is -2.28. The van der Waals surface area contributed by atoms with Crippen LogP contribution in [0.5, 0.6) is 0 Å². The Labute approximate surface area is 107 Å². The minimum absolute atomic E-state index is 0.163. The number of rotatable bonds is 6. The van der Waals surface area contributed by atoms with Crippen LogP contribution in [0.15, 0.2) is 6.33 Å². The van der Waals surface area contributed by atoms with Crippen LogP contribution in [0.4, 0.5) is 5.82 Å². The fourth-order valence-electron chi connectivity index (χ4n) is 1.72. The van der Waals surface area contributed by atoms with E-state index in [1.807, 2.05) is 6.92 Å². The number of aliphatic hydroxyl groups excluding tert-OH is 1. The molecule has 1 unspecified atom stereocenters. The first-order valence-electron chi connectivity index (χ1n) is 5.96. The van der Waals surface area contributed by atoms with E-state index < -0.39 is 0 Å². The second-order valence-corrected chi connectivity index (χ2v) is 4.71. The lowest BCUT2D eigenvalue weighted by molar-refractivity contribution is 0.267. The van der Waals surface area contributed by atoms with E-state index in [-0.39, 0.29) is 12.6 Å². The molecule has 0 aliphatic heterocycles. The molecule has 96 valence electrons. The van der Waals surface area contributed by atoms with Gasteiger partial charge in [-0.1, -0.05) is 32.4 Å². The molecule has 0 aromatic carbocycles. The third-order valence-corrected chi connectivity index (χ3v) is 3.14. The molecule has 1 heterocycles. The molecule has 1 aromatic heterocycles. The van der Waals surface area contributed by atoms with Gasteiger partial charge in [0.25, 0.3) is 0 Å². The summed E-state index contributed by atoms with van der Waals surface area (Å²) in [7, 11) is 0. The molecule has 5 heteroatoms. The average Bonchev–Trinajstić information content (AvgIpc) is 2.28. The number of anilines is 1. The van der Waals surface area contributed by atoms with E-state index in [1.54, 1.807) is 0 Å². The van der Waals surface area contributed by atoms with E-state index in [4.69, 9.17) is 16.7 Å². The zero-order chi connectivity index (χ0) is 12.8. The molecule has 2 N–H and O–H groups in total. The molecule has 1 aromatic rings. The Kier molecular flexibility index (Phi) is 5.65. The quantitative estimate of drug-likeness (QED) is 0.769. The first-order chi connectivity index (χ1) is 8.10. The highest BCUT2D eigenvalue weighted by atomic mass is 35.5. The maximum atomic E-state index is 9.05. The zero-order valence-corrected chi connectivity index (χ0v) is 11.3. The number of nitrogens with zero attached hydrogens (tertiary/aromatic N) is 2. The number of hydrogen-bond acceptors (Lipinski definition) is 4. The molecule has 0 spiro atoms. The van der Waals surface area contributed by atoms with E-state index in [1.165, 1.54) is 6.33 Å². The van der Waals surface area contributed by atoms with Gasteiger partial charge in [-0.15, -0.1) is 0 Å². The monoisotopic (exact) mass is 257 g/mol. The molecule has 17 heavy (non-hydrogen) atoms. The summed E-state index contributed by atoms with van der Waals surface area (Å²) in [5.41, 5.74) is 0.928. The Morgan fingerprint density at radius 1 is 1.41 bits per heavy atom. The summed E-state index contributed by atoms with van der Waals surface area (Å²) in [6.45, 7) is 6.41. The van der Waals surface area contributed by atoms with Crippen LogP contribution >= 0.6 is 11.6 Å². The van der Waals surface area contributed by atoms with E-state index in [0.29, 0.717) is 17.5 Å². The number of aromatic nitrogens is 2. The summed E-state index contributed by atoms with van der Waals surface area (Å²) in [6, 6.07) is 0.191. The van der Waals surface area contributed by atoms with Crippen molar-refractivity contribution in [2.45, 2.75) is 39.7 Å². The molecule has 0 amide bonds. The summed E-state index contributed by atoms with van der Waals surface area (Å²) in [5.74, 6) is 1.19. The van der Waals surface area contributed by atoms with Gasteiger partial charge in [-0.3, -0.25) is 0 Å². The van der Waals surface area contributed by atoms with Crippen LogP contribution in [-0.4, -0.2) is 27.7 Å². The number of aliphatic hydroxyl groups is 1. The summed E-state index contributed by atoms with van der Waals surface area (Å²) >= 11 is 6.03. The van der Waals surface area contributed by atoms with Crippen molar-refractivity contribution in [3.8, 4) is 0 Å². The van der Waals surface area contributed by atoms with Crippen LogP contribution in [0.25, 0.3) is 0 Å². The van der Waals surface area contributed by atoms with Crippen molar-refractivity contribution in [3.05, 3.63) is 17.0 Å². The fourth-order valence-corrected chi connectivity index (χ4v) is 1.98. The smallest absolute Gasteiger partial charge is 0.137 e. The van der Waals surface area contributed by atoms with Gasteiger partial charge in [0.1, 0.15) is 17.3 Å². The van der Waals surface area contributed by atoms with Gasteiger partial charge in [-0.2, -0.15) is 0 Å². The van der Waals surface area contributed by atoms with E-state index in [2.05, 4.69) is 29.1 Å². The van der Waals surface area contributed by atoms with Gasteiger partial charge in [0, 0.05) is 18.2 Å². The number of nitrogens with one attached hydrogen (secondary N) is 1. The average molecular weight is 258 g/mol. The van der Waals surface area contributed by atoms with Crippen molar-refractivity contribution in [2.75, 3.05) is 11.9 Å². The summed E-state index contributed by atoms with van der Waals surface area (Å²) in [6.07, 6.45) is 2.94. The standard InChI is InChI=1S/C12H20ClN3O/c1-4-9-11(13)14-7-15-12(9)16-10(5-6-17)8(2)3/h7-8,10,17H,4-6H2,1-3H3,(H,14,15,16). The van der Waals surface area contributed by atoms with E-state index in [9.17, 15) is 0 Å². The molecule has 1 atom stereocenters. The normalized spacial score (nSPS) is 12.8. The summed E-state index contributed by atoms with van der Waals surface area (Å²) in [5, 5.41) is 12.9. The van der Waals surface area contributed by atoms with Gasteiger partial charge in [0.2, 0.25) is 0 Å². The second-order valence-electron chi connectivity index (χ2n) is 4.35. The third kappa shape index (κ3) is 3.82. The van der Waals surface area contributed by atoms with Gasteiger partial charge in [0.15, 0.2) is 0 Å². The van der Waals surface area contributed by atoms with Crippen LogP contribution < -0.4 is 5.32 Å². The van der Waals surface area contributed by atoms with Crippen molar-refractivity contribution in [1.82, 2.24) is 9.97 Å². The molecule has 0 bridgehead atoms. The van der Waals surface area contributed by atoms with Gasteiger partial charge in [0.05, 0.1) is 0 Å². The highest BCUT2D eigenvalue weighted by Gasteiger charge is 2.16. The van der Waals surface area contributed by atoms with Crippen LogP contribution in [0, 0.1) is 5.92 Å². The third-order valence-electron chi connectivity index (χ3n) is 2.81. The maximum absolute atomic E-state index is 9.05. The highest BCUT2D eigenvalue weighted by molar-refractivity contribution is 6.30. The highest BCUT2D eigenvalue weighted by Crippen LogP contribution is 2.22. The van der Waals surface area contributed by atoms with Crippen molar-refractivity contribution >= 4 is 17.4 Å². The Morgan fingerprint density at radius 2 is 2.12 bits per heavy atom. The second kappa shape index (κ2) is 6.77. The first kappa shape index (κ1) is 14.2. The minimum atomic E-state index is 0.163. The van der Waals surface area contributed by atoms with Crippen LogP contribution in [0.1, 0.15) is 32.8 Å².